The maximum absolute atomic E-state index is 12.2. The van der Waals surface area contributed by atoms with Gasteiger partial charge in [-0.3, -0.25) is 4.79 Å². The predicted octanol–water partition coefficient (Wildman–Crippen LogP) is 2.79. The molecule has 1 aliphatic heterocycles. The number of halogens is 2. The van der Waals surface area contributed by atoms with Crippen LogP contribution in [0.4, 0.5) is 5.69 Å². The van der Waals surface area contributed by atoms with Crippen molar-refractivity contribution >= 4 is 34.8 Å². The standard InChI is InChI=1S/C14H19Cl2N3O/c1-9(8-19-4-2-3-5-19)18-14(20)10-6-11(15)13(16)12(17)7-10/h6-7,9H,2-5,8,17H2,1H3,(H,18,20). The summed E-state index contributed by atoms with van der Waals surface area (Å²) in [6, 6.07) is 3.17. The molecule has 1 heterocycles. The maximum atomic E-state index is 12.2. The Hall–Kier alpha value is -0.970. The number of nitrogens with zero attached hydrogens (tertiary/aromatic N) is 1. The predicted molar refractivity (Wildman–Crippen MR) is 83.5 cm³/mol. The Balaban J connectivity index is 1.97. The summed E-state index contributed by atoms with van der Waals surface area (Å²) in [7, 11) is 0. The summed E-state index contributed by atoms with van der Waals surface area (Å²) < 4.78 is 0. The van der Waals surface area contributed by atoms with E-state index in [1.807, 2.05) is 6.92 Å². The monoisotopic (exact) mass is 315 g/mol. The Labute approximate surface area is 129 Å². The van der Waals surface area contributed by atoms with Crippen LogP contribution in [0.1, 0.15) is 30.1 Å². The normalized spacial score (nSPS) is 17.1. The number of benzene rings is 1. The number of carbonyl (C=O) groups is 1. The number of nitrogens with two attached hydrogens (primary N) is 1. The molecule has 1 fully saturated rings. The third-order valence-corrected chi connectivity index (χ3v) is 4.24. The molecule has 1 amide bonds. The Morgan fingerprint density at radius 1 is 1.40 bits per heavy atom. The van der Waals surface area contributed by atoms with Crippen LogP contribution in [0.5, 0.6) is 0 Å². The first-order valence-corrected chi connectivity index (χ1v) is 7.50. The summed E-state index contributed by atoms with van der Waals surface area (Å²) in [6.45, 7) is 5.08. The molecule has 110 valence electrons. The zero-order chi connectivity index (χ0) is 14.7. The second kappa shape index (κ2) is 6.66. The Morgan fingerprint density at radius 3 is 2.65 bits per heavy atom. The van der Waals surface area contributed by atoms with Crippen molar-refractivity contribution in [3.05, 3.63) is 27.7 Å². The lowest BCUT2D eigenvalue weighted by molar-refractivity contribution is 0.0932. The lowest BCUT2D eigenvalue weighted by Crippen LogP contribution is -2.41. The van der Waals surface area contributed by atoms with Crippen molar-refractivity contribution in [1.82, 2.24) is 10.2 Å². The summed E-state index contributed by atoms with van der Waals surface area (Å²) in [5.74, 6) is -0.179. The lowest BCUT2D eigenvalue weighted by atomic mass is 10.1. The van der Waals surface area contributed by atoms with E-state index in [1.54, 1.807) is 6.07 Å². The number of anilines is 1. The molecule has 3 N–H and O–H groups in total. The SMILES string of the molecule is CC(CN1CCCC1)NC(=O)c1cc(N)c(Cl)c(Cl)c1. The fraction of sp³-hybridized carbons (Fsp3) is 0.500. The van der Waals surface area contributed by atoms with Gasteiger partial charge in [0, 0.05) is 18.2 Å². The first-order chi connectivity index (χ1) is 9.47. The molecule has 0 saturated carbocycles. The van der Waals surface area contributed by atoms with Crippen molar-refractivity contribution in [2.75, 3.05) is 25.4 Å². The molecule has 0 radical (unpaired) electrons. The molecule has 0 spiro atoms. The molecule has 1 saturated heterocycles. The molecule has 1 atom stereocenters. The van der Waals surface area contributed by atoms with Gasteiger partial charge in [-0.1, -0.05) is 23.2 Å². The Kier molecular flexibility index (Phi) is 5.13. The molecule has 6 heteroatoms. The Bertz CT molecular complexity index is 478. The average Bonchev–Trinajstić information content (AvgIpc) is 2.87. The first kappa shape index (κ1) is 15.4. The van der Waals surface area contributed by atoms with Crippen LogP contribution in [0.3, 0.4) is 0 Å². The van der Waals surface area contributed by atoms with Crippen LogP contribution in [-0.2, 0) is 0 Å². The zero-order valence-corrected chi connectivity index (χ0v) is 13.0. The van der Waals surface area contributed by atoms with Crippen LogP contribution in [0.2, 0.25) is 10.0 Å². The minimum atomic E-state index is -0.179. The second-order valence-electron chi connectivity index (χ2n) is 5.24. The molecule has 0 bridgehead atoms. The molecule has 0 aliphatic carbocycles. The topological polar surface area (TPSA) is 58.4 Å². The van der Waals surface area contributed by atoms with Gasteiger partial charge in [-0.2, -0.15) is 0 Å². The van der Waals surface area contributed by atoms with Crippen LogP contribution in [0, 0.1) is 0 Å². The van der Waals surface area contributed by atoms with E-state index in [9.17, 15) is 4.79 Å². The summed E-state index contributed by atoms with van der Waals surface area (Å²) in [5, 5.41) is 3.54. The van der Waals surface area contributed by atoms with Crippen molar-refractivity contribution in [2.45, 2.75) is 25.8 Å². The van der Waals surface area contributed by atoms with E-state index in [0.29, 0.717) is 16.3 Å². The molecule has 1 aromatic rings. The molecular formula is C14H19Cl2N3O. The fourth-order valence-corrected chi connectivity index (χ4v) is 2.78. The van der Waals surface area contributed by atoms with Gasteiger partial charge in [0.1, 0.15) is 0 Å². The lowest BCUT2D eigenvalue weighted by Gasteiger charge is -2.21. The van der Waals surface area contributed by atoms with Gasteiger partial charge >= 0.3 is 0 Å². The van der Waals surface area contributed by atoms with Crippen molar-refractivity contribution in [3.63, 3.8) is 0 Å². The molecular weight excluding hydrogens is 297 g/mol. The van der Waals surface area contributed by atoms with E-state index in [2.05, 4.69) is 10.2 Å². The van der Waals surface area contributed by atoms with Crippen LogP contribution in [-0.4, -0.2) is 36.5 Å². The van der Waals surface area contributed by atoms with E-state index < -0.39 is 0 Å². The van der Waals surface area contributed by atoms with Gasteiger partial charge in [-0.25, -0.2) is 0 Å². The highest BCUT2D eigenvalue weighted by molar-refractivity contribution is 6.43. The third kappa shape index (κ3) is 3.78. The van der Waals surface area contributed by atoms with Crippen molar-refractivity contribution in [1.29, 1.82) is 0 Å². The number of carbonyl (C=O) groups excluding carboxylic acids is 1. The molecule has 0 aromatic heterocycles. The summed E-state index contributed by atoms with van der Waals surface area (Å²) in [6.07, 6.45) is 2.48. The number of nitrogen functional groups attached to an aromatic ring is 1. The quantitative estimate of drug-likeness (QED) is 0.840. The van der Waals surface area contributed by atoms with E-state index >= 15 is 0 Å². The van der Waals surface area contributed by atoms with Gasteiger partial charge in [-0.05, 0) is 45.0 Å². The number of rotatable bonds is 4. The molecule has 2 rings (SSSR count). The number of likely N-dealkylation sites (tertiary alicyclic amines) is 1. The van der Waals surface area contributed by atoms with Crippen molar-refractivity contribution in [2.24, 2.45) is 0 Å². The number of hydrogen-bond donors (Lipinski definition) is 2. The van der Waals surface area contributed by atoms with Gasteiger partial charge in [0.2, 0.25) is 0 Å². The average molecular weight is 316 g/mol. The van der Waals surface area contributed by atoms with Crippen LogP contribution in [0.25, 0.3) is 0 Å². The molecule has 20 heavy (non-hydrogen) atoms. The van der Waals surface area contributed by atoms with Gasteiger partial charge < -0.3 is 16.0 Å². The van der Waals surface area contributed by atoms with Gasteiger partial charge in [-0.15, -0.1) is 0 Å². The first-order valence-electron chi connectivity index (χ1n) is 6.75. The minimum absolute atomic E-state index is 0.0799. The van der Waals surface area contributed by atoms with E-state index in [-0.39, 0.29) is 17.0 Å². The highest BCUT2D eigenvalue weighted by Gasteiger charge is 2.17. The summed E-state index contributed by atoms with van der Waals surface area (Å²) in [5.41, 5.74) is 6.47. The van der Waals surface area contributed by atoms with Crippen LogP contribution < -0.4 is 11.1 Å². The molecule has 1 aliphatic rings. The molecule has 4 nitrogen and oxygen atoms in total. The van der Waals surface area contributed by atoms with Gasteiger partial charge in [0.05, 0.1) is 15.7 Å². The number of amides is 1. The molecule has 1 unspecified atom stereocenters. The number of hydrogen-bond acceptors (Lipinski definition) is 3. The summed E-state index contributed by atoms with van der Waals surface area (Å²) in [4.78, 5) is 14.5. The van der Waals surface area contributed by atoms with Gasteiger partial charge in [0.25, 0.3) is 5.91 Å². The maximum Gasteiger partial charge on any atom is 0.251 e. The van der Waals surface area contributed by atoms with Crippen molar-refractivity contribution < 1.29 is 4.79 Å². The van der Waals surface area contributed by atoms with Crippen LogP contribution in [0.15, 0.2) is 12.1 Å². The highest BCUT2D eigenvalue weighted by atomic mass is 35.5. The summed E-state index contributed by atoms with van der Waals surface area (Å²) >= 11 is 11.8. The highest BCUT2D eigenvalue weighted by Crippen LogP contribution is 2.29. The second-order valence-corrected chi connectivity index (χ2v) is 6.03. The zero-order valence-electron chi connectivity index (χ0n) is 11.5. The van der Waals surface area contributed by atoms with E-state index in [1.165, 1.54) is 18.9 Å². The van der Waals surface area contributed by atoms with E-state index in [4.69, 9.17) is 28.9 Å². The van der Waals surface area contributed by atoms with Crippen LogP contribution >= 0.6 is 23.2 Å². The minimum Gasteiger partial charge on any atom is -0.397 e. The van der Waals surface area contributed by atoms with Crippen molar-refractivity contribution in [3.8, 4) is 0 Å². The fourth-order valence-electron chi connectivity index (χ4n) is 2.45. The van der Waals surface area contributed by atoms with E-state index in [0.717, 1.165) is 19.6 Å². The largest absolute Gasteiger partial charge is 0.397 e. The molecule has 1 aromatic carbocycles. The third-order valence-electron chi connectivity index (χ3n) is 3.43. The van der Waals surface area contributed by atoms with Gasteiger partial charge in [0.15, 0.2) is 0 Å². The number of nitrogens with one attached hydrogen (secondary N) is 1. The Morgan fingerprint density at radius 2 is 2.05 bits per heavy atom. The smallest absolute Gasteiger partial charge is 0.251 e.